The van der Waals surface area contributed by atoms with Crippen molar-refractivity contribution in [1.82, 2.24) is 0 Å². The predicted octanol–water partition coefficient (Wildman–Crippen LogP) is 8.61. The first-order chi connectivity index (χ1) is 13.6. The summed E-state index contributed by atoms with van der Waals surface area (Å²) in [5, 5.41) is 0. The molecule has 0 saturated carbocycles. The van der Waals surface area contributed by atoms with Crippen LogP contribution in [0.4, 0.5) is 0 Å². The third kappa shape index (κ3) is 7.82. The van der Waals surface area contributed by atoms with Gasteiger partial charge in [-0.25, -0.2) is 0 Å². The van der Waals surface area contributed by atoms with E-state index in [0.29, 0.717) is 0 Å². The first kappa shape index (κ1) is 22.7. The van der Waals surface area contributed by atoms with E-state index >= 15 is 0 Å². The highest BCUT2D eigenvalue weighted by atomic mass is 14.1. The predicted molar refractivity (Wildman–Crippen MR) is 125 cm³/mol. The van der Waals surface area contributed by atoms with E-state index in [1.807, 2.05) is 0 Å². The lowest BCUT2D eigenvalue weighted by atomic mass is 9.96. The van der Waals surface area contributed by atoms with E-state index in [2.05, 4.69) is 64.1 Å². The van der Waals surface area contributed by atoms with Crippen LogP contribution in [0.25, 0.3) is 0 Å². The van der Waals surface area contributed by atoms with E-state index in [9.17, 15) is 0 Å². The van der Waals surface area contributed by atoms with Crippen molar-refractivity contribution in [3.63, 3.8) is 0 Å². The van der Waals surface area contributed by atoms with Crippen molar-refractivity contribution in [3.05, 3.63) is 69.8 Å². The molecule has 0 aliphatic rings. The Hall–Kier alpha value is -1.56. The second-order valence-electron chi connectivity index (χ2n) is 8.78. The van der Waals surface area contributed by atoms with Crippen molar-refractivity contribution in [1.29, 1.82) is 0 Å². The lowest BCUT2D eigenvalue weighted by Gasteiger charge is -2.10. The molecule has 0 saturated heterocycles. The maximum Gasteiger partial charge on any atom is -0.0274 e. The summed E-state index contributed by atoms with van der Waals surface area (Å²) in [5.74, 6) is 0. The van der Waals surface area contributed by atoms with E-state index in [-0.39, 0.29) is 0 Å². The number of hydrogen-bond acceptors (Lipinski definition) is 0. The second kappa shape index (κ2) is 12.8. The smallest absolute Gasteiger partial charge is 0.0274 e. The minimum Gasteiger partial charge on any atom is -0.0617 e. The fourth-order valence-electron chi connectivity index (χ4n) is 4.50. The summed E-state index contributed by atoms with van der Waals surface area (Å²) >= 11 is 0. The Balaban J connectivity index is 1.43. The molecule has 0 heteroatoms. The highest BCUT2D eigenvalue weighted by Crippen LogP contribution is 2.19. The molecule has 0 aromatic heterocycles. The van der Waals surface area contributed by atoms with Gasteiger partial charge < -0.3 is 0 Å². The standard InChI is InChI=1S/C28H42/c1-23-17-15-18-24(2)27(23)21-13-11-9-7-5-6-8-10-12-14-22-28-25(3)19-16-20-26(28)4/h15-20H,5-14,21-22H2,1-4H3. The van der Waals surface area contributed by atoms with Crippen molar-refractivity contribution in [2.75, 3.05) is 0 Å². The van der Waals surface area contributed by atoms with Gasteiger partial charge in [-0.3, -0.25) is 0 Å². The molecule has 0 unspecified atom stereocenters. The quantitative estimate of drug-likeness (QED) is 0.306. The van der Waals surface area contributed by atoms with Gasteiger partial charge in [-0.1, -0.05) is 87.8 Å². The summed E-state index contributed by atoms with van der Waals surface area (Å²) in [6.07, 6.45) is 16.6. The summed E-state index contributed by atoms with van der Waals surface area (Å²) < 4.78 is 0. The molecule has 2 aromatic rings. The molecule has 28 heavy (non-hydrogen) atoms. The van der Waals surface area contributed by atoms with Crippen LogP contribution in [0, 0.1) is 27.7 Å². The van der Waals surface area contributed by atoms with E-state index in [1.54, 1.807) is 11.1 Å². The number of aryl methyl sites for hydroxylation is 4. The van der Waals surface area contributed by atoms with Crippen molar-refractivity contribution in [2.24, 2.45) is 0 Å². The van der Waals surface area contributed by atoms with Gasteiger partial charge in [0, 0.05) is 0 Å². The van der Waals surface area contributed by atoms with Gasteiger partial charge in [-0.05, 0) is 86.8 Å². The molecule has 0 fully saturated rings. The molecule has 0 nitrogen and oxygen atoms in total. The van der Waals surface area contributed by atoms with Crippen LogP contribution >= 0.6 is 0 Å². The molecule has 2 rings (SSSR count). The van der Waals surface area contributed by atoms with Crippen LogP contribution in [-0.4, -0.2) is 0 Å². The lowest BCUT2D eigenvalue weighted by molar-refractivity contribution is 0.551. The summed E-state index contributed by atoms with van der Waals surface area (Å²) in [7, 11) is 0. The SMILES string of the molecule is Cc1cccc(C)c1CCCCCCCCCCCCc1c(C)cccc1C. The van der Waals surface area contributed by atoms with Crippen molar-refractivity contribution in [3.8, 4) is 0 Å². The van der Waals surface area contributed by atoms with E-state index in [1.165, 1.54) is 99.3 Å². The van der Waals surface area contributed by atoms with E-state index < -0.39 is 0 Å². The average molecular weight is 379 g/mol. The van der Waals surface area contributed by atoms with Crippen LogP contribution in [0.15, 0.2) is 36.4 Å². The number of unbranched alkanes of at least 4 members (excludes halogenated alkanes) is 9. The fraction of sp³-hybridized carbons (Fsp3) is 0.571. The highest BCUT2D eigenvalue weighted by Gasteiger charge is 2.03. The largest absolute Gasteiger partial charge is 0.0617 e. The zero-order valence-electron chi connectivity index (χ0n) is 18.9. The Kier molecular flexibility index (Phi) is 10.4. The molecule has 0 spiro atoms. The molecule has 2 aromatic carbocycles. The summed E-state index contributed by atoms with van der Waals surface area (Å²) in [4.78, 5) is 0. The van der Waals surface area contributed by atoms with Crippen LogP contribution < -0.4 is 0 Å². The minimum atomic E-state index is 1.26. The van der Waals surface area contributed by atoms with Gasteiger partial charge in [0.15, 0.2) is 0 Å². The van der Waals surface area contributed by atoms with Gasteiger partial charge in [-0.15, -0.1) is 0 Å². The molecule has 0 aliphatic carbocycles. The zero-order valence-corrected chi connectivity index (χ0v) is 18.9. The van der Waals surface area contributed by atoms with E-state index in [0.717, 1.165) is 0 Å². The third-order valence-corrected chi connectivity index (χ3v) is 6.39. The van der Waals surface area contributed by atoms with Gasteiger partial charge >= 0.3 is 0 Å². The van der Waals surface area contributed by atoms with Gasteiger partial charge in [0.25, 0.3) is 0 Å². The highest BCUT2D eigenvalue weighted by molar-refractivity contribution is 5.34. The normalized spacial score (nSPS) is 11.1. The lowest BCUT2D eigenvalue weighted by Crippen LogP contribution is -1.94. The molecule has 0 radical (unpaired) electrons. The van der Waals surface area contributed by atoms with Crippen LogP contribution in [0.1, 0.15) is 97.6 Å². The first-order valence-corrected chi connectivity index (χ1v) is 11.7. The Morgan fingerprint density at radius 1 is 0.393 bits per heavy atom. The number of rotatable bonds is 13. The number of hydrogen-bond donors (Lipinski definition) is 0. The van der Waals surface area contributed by atoms with Gasteiger partial charge in [-0.2, -0.15) is 0 Å². The van der Waals surface area contributed by atoms with Crippen LogP contribution in [-0.2, 0) is 12.8 Å². The molecule has 0 bridgehead atoms. The second-order valence-corrected chi connectivity index (χ2v) is 8.78. The van der Waals surface area contributed by atoms with Crippen LogP contribution in [0.3, 0.4) is 0 Å². The zero-order chi connectivity index (χ0) is 20.2. The molecule has 0 aliphatic heterocycles. The maximum absolute atomic E-state index is 2.25. The third-order valence-electron chi connectivity index (χ3n) is 6.39. The Bertz CT molecular complexity index is 593. The fourth-order valence-corrected chi connectivity index (χ4v) is 4.50. The van der Waals surface area contributed by atoms with Gasteiger partial charge in [0.05, 0.1) is 0 Å². The Labute approximate surface area is 174 Å². The molecule has 0 atom stereocenters. The van der Waals surface area contributed by atoms with Crippen LogP contribution in [0.2, 0.25) is 0 Å². The summed E-state index contributed by atoms with van der Waals surface area (Å²) in [6, 6.07) is 13.4. The van der Waals surface area contributed by atoms with Gasteiger partial charge in [0.1, 0.15) is 0 Å². The monoisotopic (exact) mass is 378 g/mol. The van der Waals surface area contributed by atoms with Crippen molar-refractivity contribution >= 4 is 0 Å². The van der Waals surface area contributed by atoms with Crippen molar-refractivity contribution < 1.29 is 0 Å². The molecular formula is C28H42. The molecule has 154 valence electrons. The van der Waals surface area contributed by atoms with E-state index in [4.69, 9.17) is 0 Å². The summed E-state index contributed by atoms with van der Waals surface area (Å²) in [5.41, 5.74) is 9.05. The molecule has 0 heterocycles. The average Bonchev–Trinajstić information content (AvgIpc) is 2.66. The minimum absolute atomic E-state index is 1.26. The molecular weight excluding hydrogens is 336 g/mol. The Morgan fingerprint density at radius 2 is 0.643 bits per heavy atom. The Morgan fingerprint density at radius 3 is 0.929 bits per heavy atom. The maximum atomic E-state index is 2.25. The van der Waals surface area contributed by atoms with Crippen molar-refractivity contribution in [2.45, 2.75) is 105 Å². The van der Waals surface area contributed by atoms with Crippen LogP contribution in [0.5, 0.6) is 0 Å². The first-order valence-electron chi connectivity index (χ1n) is 11.7. The van der Waals surface area contributed by atoms with Gasteiger partial charge in [0.2, 0.25) is 0 Å². The topological polar surface area (TPSA) is 0 Å². The molecule has 0 N–H and O–H groups in total. The summed E-state index contributed by atoms with van der Waals surface area (Å²) in [6.45, 7) is 9.02. The number of benzene rings is 2. The molecule has 0 amide bonds.